The number of aliphatic hydroxyl groups is 1. The maximum Gasteiger partial charge on any atom is 0.261 e. The summed E-state index contributed by atoms with van der Waals surface area (Å²) in [6, 6.07) is 12.3. The van der Waals surface area contributed by atoms with E-state index in [0.717, 1.165) is 0 Å². The molecule has 2 rings (SSSR count). The van der Waals surface area contributed by atoms with E-state index in [4.69, 9.17) is 10.00 Å². The molecule has 0 aliphatic rings. The topological polar surface area (TPSA) is 99.4 Å². The highest BCUT2D eigenvalue weighted by atomic mass is 32.2. The van der Waals surface area contributed by atoms with Crippen molar-refractivity contribution < 1.29 is 18.3 Å². The lowest BCUT2D eigenvalue weighted by atomic mass is 10.2. The first-order valence-electron chi connectivity index (χ1n) is 6.89. The number of nitrogens with one attached hydrogen (secondary N) is 1. The van der Waals surface area contributed by atoms with E-state index in [1.54, 1.807) is 12.1 Å². The number of rotatable bonds is 6. The van der Waals surface area contributed by atoms with Crippen LogP contribution in [0.2, 0.25) is 0 Å². The van der Waals surface area contributed by atoms with Gasteiger partial charge in [0.05, 0.1) is 29.7 Å². The number of aliphatic hydroxyl groups excluding tert-OH is 1. The summed E-state index contributed by atoms with van der Waals surface area (Å²) in [7, 11) is -3.82. The number of benzene rings is 2. The van der Waals surface area contributed by atoms with Crippen LogP contribution in [-0.4, -0.2) is 20.1 Å². The van der Waals surface area contributed by atoms with E-state index in [-0.39, 0.29) is 17.1 Å². The van der Waals surface area contributed by atoms with E-state index < -0.39 is 10.0 Å². The maximum absolute atomic E-state index is 12.4. The molecule has 23 heavy (non-hydrogen) atoms. The number of nitriles is 1. The van der Waals surface area contributed by atoms with Crippen molar-refractivity contribution in [2.75, 3.05) is 11.3 Å². The Morgan fingerprint density at radius 3 is 2.70 bits per heavy atom. The SMILES string of the molecule is CCOc1ccc(NS(=O)(=O)c2cccc(C#N)c2)cc1CO. The van der Waals surface area contributed by atoms with Crippen molar-refractivity contribution in [1.29, 1.82) is 5.26 Å². The Morgan fingerprint density at radius 2 is 2.04 bits per heavy atom. The molecule has 0 atom stereocenters. The van der Waals surface area contributed by atoms with Gasteiger partial charge in [0.15, 0.2) is 0 Å². The molecule has 0 unspecified atom stereocenters. The van der Waals surface area contributed by atoms with Gasteiger partial charge in [-0.05, 0) is 43.3 Å². The van der Waals surface area contributed by atoms with Crippen molar-refractivity contribution in [3.8, 4) is 11.8 Å². The number of anilines is 1. The molecule has 2 aromatic rings. The van der Waals surface area contributed by atoms with Gasteiger partial charge in [-0.3, -0.25) is 4.72 Å². The molecule has 0 fully saturated rings. The zero-order valence-electron chi connectivity index (χ0n) is 12.5. The second kappa shape index (κ2) is 7.13. The summed E-state index contributed by atoms with van der Waals surface area (Å²) in [5, 5.41) is 18.2. The first-order chi connectivity index (χ1) is 11.0. The molecule has 0 radical (unpaired) electrons. The Labute approximate surface area is 135 Å². The molecule has 0 aliphatic carbocycles. The molecule has 7 heteroatoms. The number of hydrogen-bond donors (Lipinski definition) is 2. The molecule has 0 saturated heterocycles. The fourth-order valence-electron chi connectivity index (χ4n) is 2.01. The van der Waals surface area contributed by atoms with Gasteiger partial charge in [0, 0.05) is 11.3 Å². The molecule has 0 heterocycles. The van der Waals surface area contributed by atoms with E-state index in [1.807, 2.05) is 13.0 Å². The smallest absolute Gasteiger partial charge is 0.261 e. The van der Waals surface area contributed by atoms with Crippen molar-refractivity contribution in [2.45, 2.75) is 18.4 Å². The first-order valence-corrected chi connectivity index (χ1v) is 8.38. The van der Waals surface area contributed by atoms with Crippen LogP contribution in [0.5, 0.6) is 5.75 Å². The fraction of sp³-hybridized carbons (Fsp3) is 0.188. The maximum atomic E-state index is 12.4. The minimum Gasteiger partial charge on any atom is -0.494 e. The molecule has 2 N–H and O–H groups in total. The minimum absolute atomic E-state index is 0.00372. The zero-order valence-corrected chi connectivity index (χ0v) is 13.3. The fourth-order valence-corrected chi connectivity index (χ4v) is 3.10. The lowest BCUT2D eigenvalue weighted by Gasteiger charge is -2.12. The van der Waals surface area contributed by atoms with E-state index in [1.165, 1.54) is 30.3 Å². The van der Waals surface area contributed by atoms with Crippen molar-refractivity contribution in [2.24, 2.45) is 0 Å². The molecule has 120 valence electrons. The highest BCUT2D eigenvalue weighted by Gasteiger charge is 2.15. The molecule has 2 aromatic carbocycles. The molecule has 0 aromatic heterocycles. The number of hydrogen-bond acceptors (Lipinski definition) is 5. The Hall–Kier alpha value is -2.56. The first kappa shape index (κ1) is 16.8. The van der Waals surface area contributed by atoms with Crippen LogP contribution >= 0.6 is 0 Å². The highest BCUT2D eigenvalue weighted by molar-refractivity contribution is 7.92. The number of ether oxygens (including phenoxy) is 1. The molecular weight excluding hydrogens is 316 g/mol. The molecule has 0 saturated carbocycles. The van der Waals surface area contributed by atoms with Gasteiger partial charge in [0.25, 0.3) is 10.0 Å². The normalized spacial score (nSPS) is 10.8. The number of sulfonamides is 1. The van der Waals surface area contributed by atoms with Crippen molar-refractivity contribution in [3.63, 3.8) is 0 Å². The van der Waals surface area contributed by atoms with Gasteiger partial charge in [0.1, 0.15) is 5.75 Å². The third-order valence-electron chi connectivity index (χ3n) is 3.06. The third-order valence-corrected chi connectivity index (χ3v) is 4.44. The standard InChI is InChI=1S/C16H16N2O4S/c1-2-22-16-7-6-14(9-13(16)11-19)18-23(20,21)15-5-3-4-12(8-15)10-17/h3-9,18-19H,2,11H2,1H3. The molecule has 0 amide bonds. The van der Waals surface area contributed by atoms with Crippen LogP contribution in [0.25, 0.3) is 0 Å². The lowest BCUT2D eigenvalue weighted by molar-refractivity contribution is 0.267. The third kappa shape index (κ3) is 4.00. The molecule has 0 bridgehead atoms. The van der Waals surface area contributed by atoms with Crippen LogP contribution in [0.15, 0.2) is 47.4 Å². The van der Waals surface area contributed by atoms with Crippen LogP contribution < -0.4 is 9.46 Å². The van der Waals surface area contributed by atoms with Gasteiger partial charge in [-0.25, -0.2) is 8.42 Å². The second-order valence-corrected chi connectivity index (χ2v) is 6.34. The summed E-state index contributed by atoms with van der Waals surface area (Å²) in [6.45, 7) is 1.99. The van der Waals surface area contributed by atoms with Gasteiger partial charge < -0.3 is 9.84 Å². The van der Waals surface area contributed by atoms with Crippen molar-refractivity contribution in [3.05, 3.63) is 53.6 Å². The summed E-state index contributed by atoms with van der Waals surface area (Å²) in [6.07, 6.45) is 0. The average molecular weight is 332 g/mol. The van der Waals surface area contributed by atoms with Crippen LogP contribution in [-0.2, 0) is 16.6 Å². The van der Waals surface area contributed by atoms with Crippen LogP contribution in [0.4, 0.5) is 5.69 Å². The van der Waals surface area contributed by atoms with Crippen LogP contribution in [0.1, 0.15) is 18.1 Å². The van der Waals surface area contributed by atoms with E-state index in [0.29, 0.717) is 23.6 Å². The molecule has 0 spiro atoms. The predicted octanol–water partition coefficient (Wildman–Crippen LogP) is 2.25. The lowest BCUT2D eigenvalue weighted by Crippen LogP contribution is -2.13. The zero-order chi connectivity index (χ0) is 16.9. The van der Waals surface area contributed by atoms with Crippen molar-refractivity contribution >= 4 is 15.7 Å². The van der Waals surface area contributed by atoms with Gasteiger partial charge >= 0.3 is 0 Å². The Kier molecular flexibility index (Phi) is 5.21. The van der Waals surface area contributed by atoms with E-state index in [9.17, 15) is 13.5 Å². The monoisotopic (exact) mass is 332 g/mol. The summed E-state index contributed by atoms with van der Waals surface area (Å²) < 4.78 is 32.5. The summed E-state index contributed by atoms with van der Waals surface area (Å²) >= 11 is 0. The second-order valence-electron chi connectivity index (χ2n) is 4.66. The van der Waals surface area contributed by atoms with Gasteiger partial charge in [-0.1, -0.05) is 6.07 Å². The molecular formula is C16H16N2O4S. The summed E-state index contributed by atoms with van der Waals surface area (Å²) in [4.78, 5) is -0.00372. The summed E-state index contributed by atoms with van der Waals surface area (Å²) in [5.41, 5.74) is 1.05. The quantitative estimate of drug-likeness (QED) is 0.845. The Balaban J connectivity index is 2.32. The largest absolute Gasteiger partial charge is 0.494 e. The number of nitrogens with zero attached hydrogens (tertiary/aromatic N) is 1. The van der Waals surface area contributed by atoms with E-state index in [2.05, 4.69) is 4.72 Å². The predicted molar refractivity (Wildman–Crippen MR) is 85.5 cm³/mol. The Morgan fingerprint density at radius 1 is 1.26 bits per heavy atom. The minimum atomic E-state index is -3.82. The highest BCUT2D eigenvalue weighted by Crippen LogP contribution is 2.25. The molecule has 6 nitrogen and oxygen atoms in total. The van der Waals surface area contributed by atoms with Gasteiger partial charge in [-0.2, -0.15) is 5.26 Å². The Bertz CT molecular complexity index is 841. The molecule has 0 aliphatic heterocycles. The average Bonchev–Trinajstić information content (AvgIpc) is 2.56. The van der Waals surface area contributed by atoms with Gasteiger partial charge in [-0.15, -0.1) is 0 Å². The van der Waals surface area contributed by atoms with Gasteiger partial charge in [0.2, 0.25) is 0 Å². The van der Waals surface area contributed by atoms with Crippen molar-refractivity contribution in [1.82, 2.24) is 0 Å². The van der Waals surface area contributed by atoms with E-state index >= 15 is 0 Å². The van der Waals surface area contributed by atoms with Crippen LogP contribution in [0.3, 0.4) is 0 Å². The summed E-state index contributed by atoms with van der Waals surface area (Å²) in [5.74, 6) is 0.504. The van der Waals surface area contributed by atoms with Crippen LogP contribution in [0, 0.1) is 11.3 Å².